The van der Waals surface area contributed by atoms with Crippen molar-refractivity contribution in [2.24, 2.45) is 5.73 Å². The molecule has 0 aromatic carbocycles. The summed E-state index contributed by atoms with van der Waals surface area (Å²) in [6.07, 6.45) is 0. The summed E-state index contributed by atoms with van der Waals surface area (Å²) >= 11 is 6.26. The van der Waals surface area contributed by atoms with Crippen molar-refractivity contribution in [3.05, 3.63) is 21.4 Å². The number of nitrogens with two attached hydrogens (primary N) is 1. The van der Waals surface area contributed by atoms with Crippen LogP contribution in [0.3, 0.4) is 0 Å². The van der Waals surface area contributed by atoms with Crippen LogP contribution in [0.1, 0.15) is 28.3 Å². The van der Waals surface area contributed by atoms with Crippen molar-refractivity contribution >= 4 is 38.6 Å². The highest BCUT2D eigenvalue weighted by Gasteiger charge is 2.19. The standard InChI is InChI=1S/C10H16N2O2S3/c1-6-4-9(8(3)16-6)7(2)12-17(13,14)5-10(11)15/h4,7,12H,5H2,1-3H3,(H2,11,15). The van der Waals surface area contributed by atoms with Crippen molar-refractivity contribution in [1.82, 2.24) is 4.72 Å². The molecule has 1 atom stereocenters. The van der Waals surface area contributed by atoms with Crippen LogP contribution in [0.15, 0.2) is 6.07 Å². The van der Waals surface area contributed by atoms with Gasteiger partial charge in [-0.3, -0.25) is 0 Å². The van der Waals surface area contributed by atoms with Crippen molar-refractivity contribution in [2.45, 2.75) is 26.8 Å². The summed E-state index contributed by atoms with van der Waals surface area (Å²) in [5.41, 5.74) is 6.24. The molecule has 1 heterocycles. The van der Waals surface area contributed by atoms with Gasteiger partial charge in [0.25, 0.3) is 0 Å². The minimum atomic E-state index is -3.45. The number of nitrogens with one attached hydrogen (secondary N) is 1. The Morgan fingerprint density at radius 3 is 2.59 bits per heavy atom. The molecule has 1 unspecified atom stereocenters. The molecular formula is C10H16N2O2S3. The van der Waals surface area contributed by atoms with E-state index in [4.69, 9.17) is 5.73 Å². The van der Waals surface area contributed by atoms with E-state index in [2.05, 4.69) is 16.9 Å². The Morgan fingerprint density at radius 2 is 2.18 bits per heavy atom. The highest BCUT2D eigenvalue weighted by atomic mass is 32.2. The van der Waals surface area contributed by atoms with Gasteiger partial charge in [0.1, 0.15) is 5.75 Å². The van der Waals surface area contributed by atoms with Gasteiger partial charge in [0, 0.05) is 15.8 Å². The number of thiocarbonyl (C=S) groups is 1. The smallest absolute Gasteiger partial charge is 0.218 e. The van der Waals surface area contributed by atoms with Crippen molar-refractivity contribution < 1.29 is 8.42 Å². The molecule has 1 rings (SSSR count). The fraction of sp³-hybridized carbons (Fsp3) is 0.500. The van der Waals surface area contributed by atoms with E-state index < -0.39 is 10.0 Å². The molecule has 3 N–H and O–H groups in total. The Hall–Kier alpha value is -0.500. The zero-order chi connectivity index (χ0) is 13.2. The van der Waals surface area contributed by atoms with Gasteiger partial charge in [-0.15, -0.1) is 11.3 Å². The molecule has 0 bridgehead atoms. The van der Waals surface area contributed by atoms with E-state index >= 15 is 0 Å². The van der Waals surface area contributed by atoms with Gasteiger partial charge in [0.15, 0.2) is 0 Å². The third kappa shape index (κ3) is 4.34. The van der Waals surface area contributed by atoms with Gasteiger partial charge in [0.05, 0.1) is 4.99 Å². The van der Waals surface area contributed by atoms with E-state index in [9.17, 15) is 8.42 Å². The monoisotopic (exact) mass is 292 g/mol. The highest BCUT2D eigenvalue weighted by Crippen LogP contribution is 2.26. The molecule has 96 valence electrons. The average Bonchev–Trinajstić information content (AvgIpc) is 2.41. The average molecular weight is 292 g/mol. The maximum atomic E-state index is 11.7. The molecule has 0 amide bonds. The topological polar surface area (TPSA) is 72.2 Å². The van der Waals surface area contributed by atoms with Crippen molar-refractivity contribution in [1.29, 1.82) is 0 Å². The van der Waals surface area contributed by atoms with Gasteiger partial charge in [-0.05, 0) is 32.4 Å². The molecule has 0 spiro atoms. The van der Waals surface area contributed by atoms with Crippen LogP contribution in [0.2, 0.25) is 0 Å². The van der Waals surface area contributed by atoms with Crippen molar-refractivity contribution in [2.75, 3.05) is 5.75 Å². The molecule has 1 aromatic heterocycles. The van der Waals surface area contributed by atoms with Crippen LogP contribution in [0.4, 0.5) is 0 Å². The lowest BCUT2D eigenvalue weighted by molar-refractivity contribution is 0.571. The summed E-state index contributed by atoms with van der Waals surface area (Å²) in [6, 6.07) is 1.73. The number of aryl methyl sites for hydroxylation is 2. The molecule has 0 saturated heterocycles. The van der Waals surface area contributed by atoms with E-state index in [0.29, 0.717) is 0 Å². The third-order valence-electron chi connectivity index (χ3n) is 2.23. The predicted molar refractivity (Wildman–Crippen MR) is 75.9 cm³/mol. The van der Waals surface area contributed by atoms with Gasteiger partial charge in [0.2, 0.25) is 10.0 Å². The lowest BCUT2D eigenvalue weighted by Crippen LogP contribution is -2.34. The maximum Gasteiger partial charge on any atom is 0.218 e. The second-order valence-corrected chi connectivity index (χ2v) is 7.67. The first kappa shape index (κ1) is 14.6. The van der Waals surface area contributed by atoms with Crippen LogP contribution in [0, 0.1) is 13.8 Å². The zero-order valence-electron chi connectivity index (χ0n) is 9.98. The van der Waals surface area contributed by atoms with Gasteiger partial charge in [-0.1, -0.05) is 12.2 Å². The Kier molecular flexibility index (Phi) is 4.65. The molecule has 7 heteroatoms. The molecule has 0 aliphatic rings. The fourth-order valence-electron chi connectivity index (χ4n) is 1.64. The minimum Gasteiger partial charge on any atom is -0.392 e. The van der Waals surface area contributed by atoms with Crippen LogP contribution >= 0.6 is 23.6 Å². The lowest BCUT2D eigenvalue weighted by Gasteiger charge is -2.13. The third-order valence-corrected chi connectivity index (χ3v) is 4.95. The molecule has 1 aromatic rings. The summed E-state index contributed by atoms with van der Waals surface area (Å²) in [7, 11) is -3.45. The van der Waals surface area contributed by atoms with Crippen LogP contribution in [0.25, 0.3) is 0 Å². The first-order valence-corrected chi connectivity index (χ1v) is 7.94. The van der Waals surface area contributed by atoms with E-state index in [1.165, 1.54) is 0 Å². The van der Waals surface area contributed by atoms with Crippen molar-refractivity contribution in [3.8, 4) is 0 Å². The normalized spacial score (nSPS) is 13.6. The van der Waals surface area contributed by atoms with Gasteiger partial charge in [-0.25, -0.2) is 13.1 Å². The lowest BCUT2D eigenvalue weighted by atomic mass is 10.1. The van der Waals surface area contributed by atoms with Gasteiger partial charge >= 0.3 is 0 Å². The first-order valence-electron chi connectivity index (χ1n) is 5.06. The number of thiophene rings is 1. The Labute approximate surface area is 111 Å². The van der Waals surface area contributed by atoms with Crippen molar-refractivity contribution in [3.63, 3.8) is 0 Å². The van der Waals surface area contributed by atoms with Gasteiger partial charge in [-0.2, -0.15) is 0 Å². The minimum absolute atomic E-state index is 0.0251. The summed E-state index contributed by atoms with van der Waals surface area (Å²) < 4.78 is 25.9. The molecule has 0 radical (unpaired) electrons. The quantitative estimate of drug-likeness (QED) is 0.809. The largest absolute Gasteiger partial charge is 0.392 e. The van der Waals surface area contributed by atoms with E-state index in [1.54, 1.807) is 11.3 Å². The Bertz CT molecular complexity index is 520. The van der Waals surface area contributed by atoms with Crippen LogP contribution in [0.5, 0.6) is 0 Å². The van der Waals surface area contributed by atoms with Gasteiger partial charge < -0.3 is 5.73 Å². The number of sulfonamides is 1. The maximum absolute atomic E-state index is 11.7. The number of hydrogen-bond acceptors (Lipinski definition) is 4. The Balaban J connectivity index is 2.83. The molecule has 17 heavy (non-hydrogen) atoms. The number of hydrogen-bond donors (Lipinski definition) is 2. The molecule has 0 saturated carbocycles. The van der Waals surface area contributed by atoms with E-state index in [0.717, 1.165) is 15.3 Å². The van der Waals surface area contributed by atoms with E-state index in [-0.39, 0.29) is 16.8 Å². The summed E-state index contributed by atoms with van der Waals surface area (Å²) in [6.45, 7) is 5.79. The van der Waals surface area contributed by atoms with Crippen LogP contribution in [-0.2, 0) is 10.0 Å². The molecule has 0 fully saturated rings. The highest BCUT2D eigenvalue weighted by molar-refractivity contribution is 7.92. The zero-order valence-corrected chi connectivity index (χ0v) is 12.4. The van der Waals surface area contributed by atoms with Crippen LogP contribution < -0.4 is 10.5 Å². The summed E-state index contributed by atoms with van der Waals surface area (Å²) in [4.78, 5) is 2.26. The molecule has 0 aliphatic carbocycles. The summed E-state index contributed by atoms with van der Waals surface area (Å²) in [5, 5.41) is 0. The second kappa shape index (κ2) is 5.43. The molecule has 4 nitrogen and oxygen atoms in total. The first-order chi connectivity index (χ1) is 7.71. The fourth-order valence-corrected chi connectivity index (χ4v) is 4.25. The molecular weight excluding hydrogens is 276 g/mol. The molecule has 0 aliphatic heterocycles. The van der Waals surface area contributed by atoms with Crippen LogP contribution in [-0.4, -0.2) is 19.2 Å². The SMILES string of the molecule is Cc1cc(C(C)NS(=O)(=O)CC(N)=S)c(C)s1. The second-order valence-electron chi connectivity index (χ2n) is 3.93. The summed E-state index contributed by atoms with van der Waals surface area (Å²) in [5.74, 6) is -0.311. The predicted octanol–water partition coefficient (Wildman–Crippen LogP) is 1.63. The number of rotatable bonds is 5. The Morgan fingerprint density at radius 1 is 1.59 bits per heavy atom. The van der Waals surface area contributed by atoms with E-state index in [1.807, 2.05) is 26.8 Å².